The lowest BCUT2D eigenvalue weighted by Crippen LogP contribution is -2.50. The fourth-order valence-electron chi connectivity index (χ4n) is 4.23. The SMILES string of the molecule is Cc1cc(C)nc(Nc2ccc(C(=O)N3CC(C(=O)NCc4ccccc4)Oc4ccccc43)cc2)n1. The molecule has 37 heavy (non-hydrogen) atoms. The molecule has 1 aromatic heterocycles. The number of anilines is 3. The first-order chi connectivity index (χ1) is 18.0. The first kappa shape index (κ1) is 24.0. The van der Waals surface area contributed by atoms with Crippen LogP contribution < -0.4 is 20.3 Å². The topological polar surface area (TPSA) is 96.5 Å². The maximum atomic E-state index is 13.6. The van der Waals surface area contributed by atoms with Gasteiger partial charge in [-0.3, -0.25) is 9.59 Å². The molecule has 4 aromatic rings. The van der Waals surface area contributed by atoms with Crippen LogP contribution in [0.25, 0.3) is 0 Å². The molecule has 0 bridgehead atoms. The van der Waals surface area contributed by atoms with E-state index < -0.39 is 6.10 Å². The van der Waals surface area contributed by atoms with E-state index in [9.17, 15) is 9.59 Å². The molecule has 1 unspecified atom stereocenters. The number of fused-ring (bicyclic) bond motifs is 1. The lowest BCUT2D eigenvalue weighted by atomic mass is 10.1. The quantitative estimate of drug-likeness (QED) is 0.409. The summed E-state index contributed by atoms with van der Waals surface area (Å²) in [5.74, 6) is 0.505. The molecule has 0 saturated carbocycles. The summed E-state index contributed by atoms with van der Waals surface area (Å²) in [6.07, 6.45) is -0.829. The molecule has 2 amide bonds. The van der Waals surface area contributed by atoms with Crippen molar-refractivity contribution in [1.82, 2.24) is 15.3 Å². The minimum Gasteiger partial charge on any atom is -0.477 e. The second-order valence-electron chi connectivity index (χ2n) is 8.87. The molecule has 0 saturated heterocycles. The second-order valence-corrected chi connectivity index (χ2v) is 8.87. The average Bonchev–Trinajstić information content (AvgIpc) is 2.91. The minimum atomic E-state index is -0.829. The Morgan fingerprint density at radius 1 is 0.919 bits per heavy atom. The van der Waals surface area contributed by atoms with E-state index in [1.807, 2.05) is 80.6 Å². The third-order valence-electron chi connectivity index (χ3n) is 5.99. The Morgan fingerprint density at radius 2 is 1.59 bits per heavy atom. The van der Waals surface area contributed by atoms with Crippen molar-refractivity contribution in [3.05, 3.63) is 107 Å². The first-order valence-corrected chi connectivity index (χ1v) is 12.0. The Labute approximate surface area is 215 Å². The van der Waals surface area contributed by atoms with Crippen molar-refractivity contribution < 1.29 is 14.3 Å². The van der Waals surface area contributed by atoms with Gasteiger partial charge in [-0.1, -0.05) is 42.5 Å². The Balaban J connectivity index is 1.32. The van der Waals surface area contributed by atoms with Crippen molar-refractivity contribution >= 4 is 29.1 Å². The van der Waals surface area contributed by atoms with Gasteiger partial charge in [0.2, 0.25) is 5.95 Å². The number of hydrogen-bond donors (Lipinski definition) is 2. The zero-order valence-electron chi connectivity index (χ0n) is 20.6. The minimum absolute atomic E-state index is 0.104. The van der Waals surface area contributed by atoms with Crippen LogP contribution in [0.2, 0.25) is 0 Å². The van der Waals surface area contributed by atoms with Gasteiger partial charge in [-0.25, -0.2) is 9.97 Å². The summed E-state index contributed by atoms with van der Waals surface area (Å²) in [5.41, 5.74) is 4.62. The van der Waals surface area contributed by atoms with Crippen molar-refractivity contribution in [2.24, 2.45) is 0 Å². The zero-order chi connectivity index (χ0) is 25.8. The summed E-state index contributed by atoms with van der Waals surface area (Å²) in [4.78, 5) is 36.9. The van der Waals surface area contributed by atoms with Gasteiger partial charge in [0.15, 0.2) is 6.10 Å². The molecular formula is C29H27N5O3. The van der Waals surface area contributed by atoms with Gasteiger partial charge >= 0.3 is 0 Å². The largest absolute Gasteiger partial charge is 0.477 e. The number of ether oxygens (including phenoxy) is 1. The fraction of sp³-hybridized carbons (Fsp3) is 0.172. The highest BCUT2D eigenvalue weighted by Crippen LogP contribution is 2.34. The lowest BCUT2D eigenvalue weighted by molar-refractivity contribution is -0.127. The lowest BCUT2D eigenvalue weighted by Gasteiger charge is -2.34. The third kappa shape index (κ3) is 5.59. The maximum Gasteiger partial charge on any atom is 0.263 e. The van der Waals surface area contributed by atoms with Crippen molar-refractivity contribution in [2.75, 3.05) is 16.8 Å². The molecule has 8 heteroatoms. The van der Waals surface area contributed by atoms with Gasteiger partial charge in [0, 0.05) is 29.2 Å². The van der Waals surface area contributed by atoms with Crippen LogP contribution in [-0.4, -0.2) is 34.4 Å². The molecule has 0 spiro atoms. The number of para-hydroxylation sites is 2. The van der Waals surface area contributed by atoms with Gasteiger partial charge in [-0.15, -0.1) is 0 Å². The Hall–Kier alpha value is -4.72. The van der Waals surface area contributed by atoms with Crippen LogP contribution >= 0.6 is 0 Å². The predicted octanol–water partition coefficient (Wildman–Crippen LogP) is 4.56. The summed E-state index contributed by atoms with van der Waals surface area (Å²) in [7, 11) is 0. The van der Waals surface area contributed by atoms with Crippen molar-refractivity contribution in [3.8, 4) is 5.75 Å². The molecular weight excluding hydrogens is 466 g/mol. The number of nitrogens with zero attached hydrogens (tertiary/aromatic N) is 3. The van der Waals surface area contributed by atoms with E-state index in [1.165, 1.54) is 0 Å². The molecule has 0 radical (unpaired) electrons. The normalized spacial score (nSPS) is 14.3. The van der Waals surface area contributed by atoms with Crippen LogP contribution in [0.1, 0.15) is 27.3 Å². The molecule has 2 heterocycles. The fourth-order valence-corrected chi connectivity index (χ4v) is 4.23. The number of carbonyl (C=O) groups is 2. The predicted molar refractivity (Wildman–Crippen MR) is 142 cm³/mol. The van der Waals surface area contributed by atoms with E-state index in [0.717, 1.165) is 22.6 Å². The first-order valence-electron chi connectivity index (χ1n) is 12.0. The number of carbonyl (C=O) groups excluding carboxylic acids is 2. The Morgan fingerprint density at radius 3 is 2.32 bits per heavy atom. The molecule has 0 aliphatic carbocycles. The summed E-state index contributed by atoms with van der Waals surface area (Å²) >= 11 is 0. The van der Waals surface area contributed by atoms with Crippen LogP contribution in [0.4, 0.5) is 17.3 Å². The number of aromatic nitrogens is 2. The highest BCUT2D eigenvalue weighted by Gasteiger charge is 2.34. The van der Waals surface area contributed by atoms with Crippen LogP contribution in [0.5, 0.6) is 5.75 Å². The van der Waals surface area contributed by atoms with Crippen LogP contribution in [0.15, 0.2) is 84.9 Å². The number of nitrogens with one attached hydrogen (secondary N) is 2. The van der Waals surface area contributed by atoms with Gasteiger partial charge in [-0.2, -0.15) is 0 Å². The molecule has 1 atom stereocenters. The summed E-state index contributed by atoms with van der Waals surface area (Å²) in [6.45, 7) is 4.31. The summed E-state index contributed by atoms with van der Waals surface area (Å²) < 4.78 is 5.97. The van der Waals surface area contributed by atoms with Gasteiger partial charge in [0.1, 0.15) is 5.75 Å². The van der Waals surface area contributed by atoms with E-state index in [2.05, 4.69) is 20.6 Å². The molecule has 1 aliphatic rings. The molecule has 186 valence electrons. The highest BCUT2D eigenvalue weighted by molar-refractivity contribution is 6.08. The van der Waals surface area contributed by atoms with E-state index in [-0.39, 0.29) is 18.4 Å². The number of amides is 2. The number of aryl methyl sites for hydroxylation is 2. The maximum absolute atomic E-state index is 13.6. The molecule has 5 rings (SSSR count). The molecule has 0 fully saturated rings. The summed E-state index contributed by atoms with van der Waals surface area (Å²) in [6, 6.07) is 25.9. The Kier molecular flexibility index (Phi) is 6.81. The monoisotopic (exact) mass is 493 g/mol. The third-order valence-corrected chi connectivity index (χ3v) is 5.99. The number of rotatable bonds is 6. The molecule has 3 aromatic carbocycles. The van der Waals surface area contributed by atoms with Crippen LogP contribution in [0, 0.1) is 13.8 Å². The van der Waals surface area contributed by atoms with Gasteiger partial charge in [-0.05, 0) is 61.9 Å². The van der Waals surface area contributed by atoms with Crippen molar-refractivity contribution in [3.63, 3.8) is 0 Å². The van der Waals surface area contributed by atoms with Gasteiger partial charge in [0.05, 0.1) is 12.2 Å². The highest BCUT2D eigenvalue weighted by atomic mass is 16.5. The van der Waals surface area contributed by atoms with Gasteiger partial charge < -0.3 is 20.3 Å². The van der Waals surface area contributed by atoms with Crippen molar-refractivity contribution in [1.29, 1.82) is 0 Å². The van der Waals surface area contributed by atoms with Gasteiger partial charge in [0.25, 0.3) is 11.8 Å². The van der Waals surface area contributed by atoms with E-state index in [1.54, 1.807) is 23.1 Å². The van der Waals surface area contributed by atoms with Crippen LogP contribution in [-0.2, 0) is 11.3 Å². The summed E-state index contributed by atoms with van der Waals surface area (Å²) in [5, 5.41) is 6.09. The van der Waals surface area contributed by atoms with Crippen LogP contribution in [0.3, 0.4) is 0 Å². The second kappa shape index (κ2) is 10.5. The van der Waals surface area contributed by atoms with E-state index in [4.69, 9.17) is 4.74 Å². The zero-order valence-corrected chi connectivity index (χ0v) is 20.6. The standard InChI is InChI=1S/C29H27N5O3/c1-19-16-20(2)32-29(31-19)33-23-14-12-22(13-15-23)28(36)34-18-26(37-25-11-7-6-10-24(25)34)27(35)30-17-21-8-4-3-5-9-21/h3-16,26H,17-18H2,1-2H3,(H,30,35)(H,31,32,33). The van der Waals surface area contributed by atoms with E-state index >= 15 is 0 Å². The average molecular weight is 494 g/mol. The Bertz CT molecular complexity index is 1400. The number of hydrogen-bond acceptors (Lipinski definition) is 6. The van der Waals surface area contributed by atoms with E-state index in [0.29, 0.717) is 29.5 Å². The number of benzene rings is 3. The smallest absolute Gasteiger partial charge is 0.263 e. The molecule has 2 N–H and O–H groups in total. The molecule has 1 aliphatic heterocycles. The van der Waals surface area contributed by atoms with Crippen molar-refractivity contribution in [2.45, 2.75) is 26.5 Å². The molecule has 8 nitrogen and oxygen atoms in total.